The van der Waals surface area contributed by atoms with Crippen LogP contribution in [-0.2, 0) is 10.9 Å². The largest absolute Gasteiger partial charge is 0.435 e. The van der Waals surface area contributed by atoms with Crippen molar-refractivity contribution >= 4 is 27.3 Å². The smallest absolute Gasteiger partial charge is 0.377 e. The molecule has 2 aromatic rings. The highest BCUT2D eigenvalue weighted by Gasteiger charge is 2.35. The highest BCUT2D eigenvalue weighted by molar-refractivity contribution is 9.09. The van der Waals surface area contributed by atoms with E-state index in [-0.39, 0.29) is 6.04 Å². The van der Waals surface area contributed by atoms with Crippen LogP contribution in [0.25, 0.3) is 5.52 Å². The number of hydrogen-bond acceptors (Lipinski definition) is 4. The molecule has 1 saturated heterocycles. The zero-order valence-electron chi connectivity index (χ0n) is 10.8. The summed E-state index contributed by atoms with van der Waals surface area (Å²) in [6.45, 7) is 1.61. The maximum atomic E-state index is 12.8. The zero-order valence-corrected chi connectivity index (χ0v) is 12.4. The molecule has 1 unspecified atom stereocenters. The topological polar surface area (TPSA) is 42.7 Å². The van der Waals surface area contributed by atoms with Gasteiger partial charge in [0.05, 0.1) is 19.3 Å². The first-order chi connectivity index (χ1) is 10.0. The molecule has 3 rings (SSSR count). The summed E-state index contributed by atoms with van der Waals surface area (Å²) in [4.78, 5) is 6.20. The van der Waals surface area contributed by atoms with Crippen LogP contribution in [0.5, 0.6) is 0 Å². The monoisotopic (exact) mass is 364 g/mol. The van der Waals surface area contributed by atoms with Gasteiger partial charge in [0.25, 0.3) is 0 Å². The molecular formula is C12H12BrF3N4O. The van der Waals surface area contributed by atoms with Crippen molar-refractivity contribution in [2.75, 3.05) is 30.0 Å². The highest BCUT2D eigenvalue weighted by atomic mass is 79.9. The molecule has 0 amide bonds. The van der Waals surface area contributed by atoms with Gasteiger partial charge in [0.1, 0.15) is 5.52 Å². The fraction of sp³-hybridized carbons (Fsp3) is 0.500. The summed E-state index contributed by atoms with van der Waals surface area (Å²) in [5.41, 5.74) is -0.571. The second-order valence-electron chi connectivity index (χ2n) is 4.68. The Hall–Kier alpha value is -1.35. The van der Waals surface area contributed by atoms with Gasteiger partial charge in [-0.25, -0.2) is 9.50 Å². The van der Waals surface area contributed by atoms with E-state index in [4.69, 9.17) is 4.74 Å². The zero-order chi connectivity index (χ0) is 15.0. The van der Waals surface area contributed by atoms with E-state index in [0.29, 0.717) is 36.4 Å². The minimum atomic E-state index is -4.47. The number of morpholine rings is 1. The molecular weight excluding hydrogens is 353 g/mol. The van der Waals surface area contributed by atoms with E-state index < -0.39 is 11.9 Å². The minimum Gasteiger partial charge on any atom is -0.377 e. The summed E-state index contributed by atoms with van der Waals surface area (Å²) in [5, 5.41) is 4.22. The fourth-order valence-corrected chi connectivity index (χ4v) is 2.87. The second-order valence-corrected chi connectivity index (χ2v) is 5.33. The van der Waals surface area contributed by atoms with Crippen molar-refractivity contribution < 1.29 is 17.9 Å². The van der Waals surface area contributed by atoms with Gasteiger partial charge in [0.15, 0.2) is 11.5 Å². The Morgan fingerprint density at radius 2 is 2.24 bits per heavy atom. The number of anilines is 1. The molecule has 1 atom stereocenters. The first-order valence-corrected chi connectivity index (χ1v) is 7.45. The van der Waals surface area contributed by atoms with Crippen LogP contribution in [-0.4, -0.2) is 45.7 Å². The van der Waals surface area contributed by atoms with Gasteiger partial charge in [-0.1, -0.05) is 15.9 Å². The summed E-state index contributed by atoms with van der Waals surface area (Å²) < 4.78 is 45.0. The molecule has 1 aliphatic heterocycles. The third-order valence-corrected chi connectivity index (χ3v) is 4.09. The van der Waals surface area contributed by atoms with Gasteiger partial charge >= 0.3 is 6.18 Å². The average molecular weight is 365 g/mol. The number of halogens is 4. The molecule has 114 valence electrons. The predicted molar refractivity (Wildman–Crippen MR) is 73.7 cm³/mol. The minimum absolute atomic E-state index is 0.0293. The standard InChI is InChI=1S/C12H12BrF3N4O/c13-6-8-7-21-4-3-19(8)11-9-5-10(12(14,15)16)18-20(9)2-1-17-11/h1-2,5,8H,3-4,6-7H2. The Balaban J connectivity index is 2.07. The highest BCUT2D eigenvalue weighted by Crippen LogP contribution is 2.31. The van der Waals surface area contributed by atoms with Crippen LogP contribution in [0.1, 0.15) is 5.69 Å². The Morgan fingerprint density at radius 3 is 2.95 bits per heavy atom. The molecule has 2 aromatic heterocycles. The average Bonchev–Trinajstić information content (AvgIpc) is 2.91. The van der Waals surface area contributed by atoms with Crippen LogP contribution in [0.3, 0.4) is 0 Å². The number of fused-ring (bicyclic) bond motifs is 1. The van der Waals surface area contributed by atoms with Crippen LogP contribution >= 0.6 is 15.9 Å². The Morgan fingerprint density at radius 1 is 1.43 bits per heavy atom. The molecule has 0 N–H and O–H groups in total. The lowest BCUT2D eigenvalue weighted by Gasteiger charge is -2.35. The normalized spacial score (nSPS) is 20.2. The Bertz CT molecular complexity index is 645. The van der Waals surface area contributed by atoms with Gasteiger partial charge in [-0.15, -0.1) is 0 Å². The summed E-state index contributed by atoms with van der Waals surface area (Å²) in [7, 11) is 0. The number of alkyl halides is 4. The fourth-order valence-electron chi connectivity index (χ4n) is 2.33. The SMILES string of the molecule is FC(F)(F)c1cc2c(N3CCOCC3CBr)nccn2n1. The Kier molecular flexibility index (Phi) is 3.78. The van der Waals surface area contributed by atoms with Crippen molar-refractivity contribution in [3.8, 4) is 0 Å². The second kappa shape index (κ2) is 5.45. The van der Waals surface area contributed by atoms with E-state index >= 15 is 0 Å². The molecule has 1 fully saturated rings. The van der Waals surface area contributed by atoms with Crippen molar-refractivity contribution in [2.45, 2.75) is 12.2 Å². The van der Waals surface area contributed by atoms with Gasteiger partial charge in [0.2, 0.25) is 0 Å². The lowest BCUT2D eigenvalue weighted by Crippen LogP contribution is -2.47. The van der Waals surface area contributed by atoms with Gasteiger partial charge in [-0.3, -0.25) is 0 Å². The van der Waals surface area contributed by atoms with E-state index in [2.05, 4.69) is 26.0 Å². The number of nitrogens with zero attached hydrogens (tertiary/aromatic N) is 4. The first-order valence-electron chi connectivity index (χ1n) is 6.32. The molecule has 0 bridgehead atoms. The van der Waals surface area contributed by atoms with Crippen molar-refractivity contribution in [1.82, 2.24) is 14.6 Å². The predicted octanol–water partition coefficient (Wildman–Crippen LogP) is 2.35. The van der Waals surface area contributed by atoms with Crippen LogP contribution in [0, 0.1) is 0 Å². The summed E-state index contributed by atoms with van der Waals surface area (Å²) in [6, 6.07) is 1.06. The summed E-state index contributed by atoms with van der Waals surface area (Å²) >= 11 is 3.40. The molecule has 0 aliphatic carbocycles. The molecule has 21 heavy (non-hydrogen) atoms. The van der Waals surface area contributed by atoms with E-state index in [9.17, 15) is 13.2 Å². The number of aromatic nitrogens is 3. The molecule has 0 aromatic carbocycles. The van der Waals surface area contributed by atoms with E-state index in [1.54, 1.807) is 0 Å². The maximum absolute atomic E-state index is 12.8. The molecule has 0 spiro atoms. The van der Waals surface area contributed by atoms with Gasteiger partial charge < -0.3 is 9.64 Å². The lowest BCUT2D eigenvalue weighted by molar-refractivity contribution is -0.141. The molecule has 5 nitrogen and oxygen atoms in total. The summed E-state index contributed by atoms with van der Waals surface area (Å²) in [5.74, 6) is 0.494. The van der Waals surface area contributed by atoms with Crippen molar-refractivity contribution in [3.05, 3.63) is 24.2 Å². The van der Waals surface area contributed by atoms with Crippen LogP contribution in [0.2, 0.25) is 0 Å². The van der Waals surface area contributed by atoms with Crippen LogP contribution in [0.15, 0.2) is 18.5 Å². The summed E-state index contributed by atoms with van der Waals surface area (Å²) in [6.07, 6.45) is -1.60. The third kappa shape index (κ3) is 2.71. The van der Waals surface area contributed by atoms with E-state index in [1.165, 1.54) is 16.9 Å². The number of hydrogen-bond donors (Lipinski definition) is 0. The quantitative estimate of drug-likeness (QED) is 0.767. The molecule has 1 aliphatic rings. The molecule has 9 heteroatoms. The molecule has 0 radical (unpaired) electrons. The van der Waals surface area contributed by atoms with Crippen molar-refractivity contribution in [2.24, 2.45) is 0 Å². The first kappa shape index (κ1) is 14.6. The van der Waals surface area contributed by atoms with Gasteiger partial charge in [0, 0.05) is 30.3 Å². The van der Waals surface area contributed by atoms with Crippen molar-refractivity contribution in [3.63, 3.8) is 0 Å². The number of rotatable bonds is 2. The van der Waals surface area contributed by atoms with Crippen LogP contribution < -0.4 is 4.90 Å². The van der Waals surface area contributed by atoms with Crippen LogP contribution in [0.4, 0.5) is 19.0 Å². The van der Waals surface area contributed by atoms with E-state index in [0.717, 1.165) is 6.07 Å². The van der Waals surface area contributed by atoms with Gasteiger partial charge in [-0.05, 0) is 0 Å². The Labute approximate surface area is 126 Å². The molecule has 0 saturated carbocycles. The van der Waals surface area contributed by atoms with E-state index in [1.807, 2.05) is 4.90 Å². The third-order valence-electron chi connectivity index (χ3n) is 3.34. The van der Waals surface area contributed by atoms with Crippen molar-refractivity contribution in [1.29, 1.82) is 0 Å². The maximum Gasteiger partial charge on any atom is 0.435 e. The van der Waals surface area contributed by atoms with Gasteiger partial charge in [-0.2, -0.15) is 18.3 Å². The lowest BCUT2D eigenvalue weighted by atomic mass is 10.2. The number of ether oxygens (including phenoxy) is 1. The molecule has 3 heterocycles.